The summed E-state index contributed by atoms with van der Waals surface area (Å²) in [6.07, 6.45) is -1.08. The fourth-order valence-corrected chi connectivity index (χ4v) is 2.50. The van der Waals surface area contributed by atoms with E-state index in [1.165, 1.54) is 0 Å². The van der Waals surface area contributed by atoms with E-state index in [1.54, 1.807) is 25.1 Å². The van der Waals surface area contributed by atoms with Crippen molar-refractivity contribution < 1.29 is 19.0 Å². The molecule has 0 aliphatic carbocycles. The van der Waals surface area contributed by atoms with Gasteiger partial charge in [-0.2, -0.15) is 0 Å². The average molecular weight is 325 g/mol. The lowest BCUT2D eigenvalue weighted by Crippen LogP contribution is -2.16. The van der Waals surface area contributed by atoms with E-state index in [-0.39, 0.29) is 6.79 Å². The number of ether oxygens (including phenoxy) is 3. The minimum atomic E-state index is -0.568. The Morgan fingerprint density at radius 3 is 2.96 bits per heavy atom. The molecule has 0 radical (unpaired) electrons. The van der Waals surface area contributed by atoms with Gasteiger partial charge in [-0.05, 0) is 31.2 Å². The summed E-state index contributed by atoms with van der Waals surface area (Å²) in [6, 6.07) is 12.8. The molecule has 0 saturated carbocycles. The van der Waals surface area contributed by atoms with Crippen molar-refractivity contribution in [3.8, 4) is 11.5 Å². The number of amides is 1. The van der Waals surface area contributed by atoms with Crippen molar-refractivity contribution in [2.45, 2.75) is 13.0 Å². The van der Waals surface area contributed by atoms with Gasteiger partial charge in [-0.3, -0.25) is 5.32 Å². The summed E-state index contributed by atoms with van der Waals surface area (Å²) in [7, 11) is 0. The molecule has 1 aliphatic heterocycles. The Kier molecular flexibility index (Phi) is 3.45. The van der Waals surface area contributed by atoms with Crippen LogP contribution in [0.4, 0.5) is 10.5 Å². The molecule has 1 aromatic heterocycles. The van der Waals surface area contributed by atoms with E-state index in [1.807, 2.05) is 24.3 Å². The van der Waals surface area contributed by atoms with Crippen molar-refractivity contribution in [1.29, 1.82) is 0 Å². The Balaban J connectivity index is 1.43. The number of carbonyl (C=O) groups excluding carboxylic acids is 1. The number of carbonyl (C=O) groups is 1. The average Bonchev–Trinajstić information content (AvgIpc) is 3.20. The topological polar surface area (TPSA) is 85.5 Å². The number of nitrogens with one attached hydrogen (secondary N) is 2. The van der Waals surface area contributed by atoms with Crippen LogP contribution in [0.1, 0.15) is 18.9 Å². The lowest BCUT2D eigenvalue weighted by atomic mass is 10.3. The number of benzene rings is 2. The second kappa shape index (κ2) is 5.77. The van der Waals surface area contributed by atoms with Gasteiger partial charge in [0.2, 0.25) is 6.79 Å². The van der Waals surface area contributed by atoms with Crippen LogP contribution in [0.2, 0.25) is 0 Å². The second-order valence-electron chi connectivity index (χ2n) is 5.38. The first-order valence-corrected chi connectivity index (χ1v) is 7.51. The van der Waals surface area contributed by atoms with Crippen LogP contribution >= 0.6 is 0 Å². The number of H-pyrrole nitrogens is 1. The molecule has 0 saturated heterocycles. The van der Waals surface area contributed by atoms with Crippen molar-refractivity contribution in [2.24, 2.45) is 0 Å². The van der Waals surface area contributed by atoms with Gasteiger partial charge >= 0.3 is 6.09 Å². The van der Waals surface area contributed by atoms with Gasteiger partial charge in [-0.15, -0.1) is 0 Å². The summed E-state index contributed by atoms with van der Waals surface area (Å²) in [6.45, 7) is 1.95. The molecule has 24 heavy (non-hydrogen) atoms. The number of rotatable bonds is 3. The third-order valence-electron chi connectivity index (χ3n) is 3.70. The molecular weight excluding hydrogens is 310 g/mol. The number of anilines is 1. The summed E-state index contributed by atoms with van der Waals surface area (Å²) in [4.78, 5) is 19.6. The van der Waals surface area contributed by atoms with Crippen LogP contribution < -0.4 is 14.8 Å². The number of nitrogens with zero attached hydrogens (tertiary/aromatic N) is 1. The van der Waals surface area contributed by atoms with Crippen LogP contribution in [0.25, 0.3) is 11.0 Å². The Hall–Kier alpha value is -3.22. The molecule has 7 heteroatoms. The fraction of sp³-hybridized carbons (Fsp3) is 0.176. The third kappa shape index (κ3) is 2.71. The predicted octanol–water partition coefficient (Wildman–Crippen LogP) is 3.60. The minimum absolute atomic E-state index is 0.187. The summed E-state index contributed by atoms with van der Waals surface area (Å²) < 4.78 is 15.9. The van der Waals surface area contributed by atoms with Gasteiger partial charge < -0.3 is 19.2 Å². The van der Waals surface area contributed by atoms with Crippen LogP contribution in [-0.2, 0) is 4.74 Å². The largest absolute Gasteiger partial charge is 0.454 e. The highest BCUT2D eigenvalue weighted by Crippen LogP contribution is 2.34. The van der Waals surface area contributed by atoms with Gasteiger partial charge in [-0.1, -0.05) is 12.1 Å². The molecule has 4 rings (SSSR count). The quantitative estimate of drug-likeness (QED) is 0.768. The van der Waals surface area contributed by atoms with E-state index < -0.39 is 12.2 Å². The van der Waals surface area contributed by atoms with Gasteiger partial charge in [0.15, 0.2) is 17.6 Å². The molecule has 7 nitrogen and oxygen atoms in total. The standard InChI is InChI=1S/C17H15N3O4/c1-10(16-19-12-4-2-3-5-13(12)20-16)24-17(21)18-11-6-7-14-15(8-11)23-9-22-14/h2-8,10H,9H2,1H3,(H,18,21)(H,19,20). The molecule has 0 spiro atoms. The van der Waals surface area contributed by atoms with Gasteiger partial charge in [0.05, 0.1) is 11.0 Å². The Labute approximate surface area is 137 Å². The number of aromatic nitrogens is 2. The maximum atomic E-state index is 12.1. The summed E-state index contributed by atoms with van der Waals surface area (Å²) in [5, 5.41) is 2.67. The van der Waals surface area contributed by atoms with E-state index in [4.69, 9.17) is 14.2 Å². The number of hydrogen-bond acceptors (Lipinski definition) is 5. The van der Waals surface area contributed by atoms with Crippen LogP contribution in [0.3, 0.4) is 0 Å². The van der Waals surface area contributed by atoms with E-state index in [0.29, 0.717) is 23.0 Å². The second-order valence-corrected chi connectivity index (χ2v) is 5.38. The molecule has 1 aliphatic rings. The Bertz CT molecular complexity index is 873. The summed E-state index contributed by atoms with van der Waals surface area (Å²) in [5.74, 6) is 1.85. The molecule has 1 unspecified atom stereocenters. The highest BCUT2D eigenvalue weighted by molar-refractivity contribution is 5.85. The number of hydrogen-bond donors (Lipinski definition) is 2. The summed E-state index contributed by atoms with van der Waals surface area (Å²) in [5.41, 5.74) is 2.30. The first-order chi connectivity index (χ1) is 11.7. The van der Waals surface area contributed by atoms with Crippen LogP contribution in [0.5, 0.6) is 11.5 Å². The fourth-order valence-electron chi connectivity index (χ4n) is 2.50. The van der Waals surface area contributed by atoms with Crippen LogP contribution in [0.15, 0.2) is 42.5 Å². The normalized spacial score (nSPS) is 13.7. The van der Waals surface area contributed by atoms with Crippen LogP contribution in [-0.4, -0.2) is 22.9 Å². The Morgan fingerprint density at radius 1 is 1.25 bits per heavy atom. The molecular formula is C17H15N3O4. The van der Waals surface area contributed by atoms with Crippen molar-refractivity contribution in [2.75, 3.05) is 12.1 Å². The van der Waals surface area contributed by atoms with E-state index >= 15 is 0 Å². The van der Waals surface area contributed by atoms with Crippen molar-refractivity contribution in [3.63, 3.8) is 0 Å². The molecule has 2 heterocycles. The molecule has 122 valence electrons. The maximum Gasteiger partial charge on any atom is 0.412 e. The SMILES string of the molecule is CC(OC(=O)Nc1ccc2c(c1)OCO2)c1nc2ccccc2[nH]1. The first-order valence-electron chi connectivity index (χ1n) is 7.51. The zero-order valence-corrected chi connectivity index (χ0v) is 12.9. The highest BCUT2D eigenvalue weighted by atomic mass is 16.7. The number of fused-ring (bicyclic) bond motifs is 2. The van der Waals surface area contributed by atoms with Crippen LogP contribution in [0, 0.1) is 0 Å². The molecule has 0 bridgehead atoms. The first kappa shape index (κ1) is 14.4. The molecule has 1 atom stereocenters. The van der Waals surface area contributed by atoms with E-state index in [2.05, 4.69) is 15.3 Å². The molecule has 0 fully saturated rings. The predicted molar refractivity (Wildman–Crippen MR) is 87.2 cm³/mol. The van der Waals surface area contributed by atoms with Gasteiger partial charge in [-0.25, -0.2) is 9.78 Å². The minimum Gasteiger partial charge on any atom is -0.454 e. The molecule has 2 N–H and O–H groups in total. The van der Waals surface area contributed by atoms with E-state index in [9.17, 15) is 4.79 Å². The summed E-state index contributed by atoms with van der Waals surface area (Å²) >= 11 is 0. The molecule has 2 aromatic carbocycles. The van der Waals surface area contributed by atoms with Gasteiger partial charge in [0.1, 0.15) is 5.82 Å². The van der Waals surface area contributed by atoms with Gasteiger partial charge in [0, 0.05) is 11.8 Å². The lowest BCUT2D eigenvalue weighted by Gasteiger charge is -2.12. The zero-order chi connectivity index (χ0) is 16.5. The molecule has 1 amide bonds. The number of para-hydroxylation sites is 2. The number of imidazole rings is 1. The van der Waals surface area contributed by atoms with Crippen molar-refractivity contribution in [1.82, 2.24) is 9.97 Å². The van der Waals surface area contributed by atoms with Crippen molar-refractivity contribution >= 4 is 22.8 Å². The maximum absolute atomic E-state index is 12.1. The molecule has 3 aromatic rings. The zero-order valence-electron chi connectivity index (χ0n) is 12.9. The lowest BCUT2D eigenvalue weighted by molar-refractivity contribution is 0.117. The highest BCUT2D eigenvalue weighted by Gasteiger charge is 2.17. The monoisotopic (exact) mass is 325 g/mol. The third-order valence-corrected chi connectivity index (χ3v) is 3.70. The smallest absolute Gasteiger partial charge is 0.412 e. The van der Waals surface area contributed by atoms with E-state index in [0.717, 1.165) is 11.0 Å². The number of aromatic amines is 1. The van der Waals surface area contributed by atoms with Crippen molar-refractivity contribution in [3.05, 3.63) is 48.3 Å². The Morgan fingerprint density at radius 2 is 2.08 bits per heavy atom. The van der Waals surface area contributed by atoms with Gasteiger partial charge in [0.25, 0.3) is 0 Å².